The fourth-order valence-electron chi connectivity index (χ4n) is 2.61. The van der Waals surface area contributed by atoms with Gasteiger partial charge in [0.05, 0.1) is 25.3 Å². The van der Waals surface area contributed by atoms with Crippen molar-refractivity contribution in [3.05, 3.63) is 42.1 Å². The molecule has 4 heterocycles. The number of benzene rings is 1. The van der Waals surface area contributed by atoms with Crippen LogP contribution in [0.25, 0.3) is 10.9 Å². The molecule has 1 aromatic carbocycles. The van der Waals surface area contributed by atoms with Gasteiger partial charge in [-0.3, -0.25) is 4.98 Å². The van der Waals surface area contributed by atoms with E-state index in [-0.39, 0.29) is 13.6 Å². The van der Waals surface area contributed by atoms with Gasteiger partial charge in [0.1, 0.15) is 5.82 Å². The minimum absolute atomic E-state index is 0.218. The number of nitrogen functional groups attached to an aromatic ring is 1. The van der Waals surface area contributed by atoms with Gasteiger partial charge in [0.15, 0.2) is 17.2 Å². The zero-order valence-corrected chi connectivity index (χ0v) is 17.7. The SMILES string of the molecule is C#CC(=O)OC.COC(=O)c1cnc2cc3c(cc2c1)OCO3.Nc1ccc2c(n1)OCO2. The number of nitrogens with two attached hydrogens (primary N) is 1. The lowest BCUT2D eigenvalue weighted by Crippen LogP contribution is -2.01. The van der Waals surface area contributed by atoms with E-state index in [0.717, 1.165) is 10.9 Å². The Kier molecular flexibility index (Phi) is 7.33. The summed E-state index contributed by atoms with van der Waals surface area (Å²) in [4.78, 5) is 29.2. The lowest BCUT2D eigenvalue weighted by atomic mass is 10.1. The molecule has 170 valence electrons. The van der Waals surface area contributed by atoms with Crippen molar-refractivity contribution < 1.29 is 38.0 Å². The number of anilines is 1. The normalized spacial score (nSPS) is 11.8. The predicted octanol–water partition coefficient (Wildman–Crippen LogP) is 1.94. The molecule has 2 N–H and O–H groups in total. The van der Waals surface area contributed by atoms with Crippen molar-refractivity contribution >= 4 is 28.7 Å². The maximum atomic E-state index is 11.4. The largest absolute Gasteiger partial charge is 0.465 e. The average Bonchev–Trinajstić information content (AvgIpc) is 3.50. The molecule has 5 rings (SSSR count). The van der Waals surface area contributed by atoms with Crippen LogP contribution in [0.3, 0.4) is 0 Å². The van der Waals surface area contributed by atoms with Gasteiger partial charge in [-0.05, 0) is 24.3 Å². The second-order valence-electron chi connectivity index (χ2n) is 6.20. The Morgan fingerprint density at radius 3 is 2.36 bits per heavy atom. The lowest BCUT2D eigenvalue weighted by molar-refractivity contribution is -0.133. The van der Waals surface area contributed by atoms with Crippen LogP contribution in [0.5, 0.6) is 23.1 Å². The molecule has 0 radical (unpaired) electrons. The Balaban J connectivity index is 0.000000162. The van der Waals surface area contributed by atoms with Crippen LogP contribution in [0.1, 0.15) is 10.4 Å². The highest BCUT2D eigenvalue weighted by Crippen LogP contribution is 2.35. The minimum atomic E-state index is -0.630. The van der Waals surface area contributed by atoms with E-state index in [1.807, 2.05) is 0 Å². The Hall–Kier alpha value is -4.72. The van der Waals surface area contributed by atoms with Crippen molar-refractivity contribution in [2.75, 3.05) is 33.5 Å². The molecule has 11 nitrogen and oxygen atoms in total. The number of hydrogen-bond donors (Lipinski definition) is 1. The van der Waals surface area contributed by atoms with Gasteiger partial charge in [-0.2, -0.15) is 4.98 Å². The first-order valence-electron chi connectivity index (χ1n) is 9.29. The summed E-state index contributed by atoms with van der Waals surface area (Å²) in [5.74, 6) is 3.66. The van der Waals surface area contributed by atoms with Crippen LogP contribution in [0.15, 0.2) is 36.5 Å². The molecule has 0 atom stereocenters. The Bertz CT molecular complexity index is 1220. The number of nitrogens with zero attached hydrogens (tertiary/aromatic N) is 2. The maximum absolute atomic E-state index is 11.4. The van der Waals surface area contributed by atoms with Crippen LogP contribution in [-0.4, -0.2) is 49.7 Å². The highest BCUT2D eigenvalue weighted by atomic mass is 16.7. The van der Waals surface area contributed by atoms with Gasteiger partial charge in [0.2, 0.25) is 13.6 Å². The summed E-state index contributed by atoms with van der Waals surface area (Å²) in [6.45, 7) is 0.460. The molecule has 2 aromatic heterocycles. The van der Waals surface area contributed by atoms with Crippen molar-refractivity contribution in [2.24, 2.45) is 0 Å². The van der Waals surface area contributed by atoms with E-state index < -0.39 is 11.9 Å². The number of aromatic nitrogens is 2. The molecule has 0 unspecified atom stereocenters. The molecule has 0 saturated heterocycles. The zero-order valence-electron chi connectivity index (χ0n) is 17.7. The summed E-state index contributed by atoms with van der Waals surface area (Å²) in [5, 5.41) is 0.817. The highest BCUT2D eigenvalue weighted by Gasteiger charge is 2.16. The number of terminal acetylenes is 1. The molecule has 2 aliphatic rings. The molecule has 0 amide bonds. The van der Waals surface area contributed by atoms with E-state index in [1.54, 1.807) is 36.3 Å². The third-order valence-corrected chi connectivity index (χ3v) is 4.16. The van der Waals surface area contributed by atoms with Crippen molar-refractivity contribution in [3.8, 4) is 35.5 Å². The molecular formula is C22H19N3O8. The lowest BCUT2D eigenvalue weighted by Gasteiger charge is -2.02. The third-order valence-electron chi connectivity index (χ3n) is 4.16. The Morgan fingerprint density at radius 2 is 1.70 bits per heavy atom. The Morgan fingerprint density at radius 1 is 1.00 bits per heavy atom. The number of rotatable bonds is 1. The van der Waals surface area contributed by atoms with E-state index >= 15 is 0 Å². The number of ether oxygens (including phenoxy) is 6. The van der Waals surface area contributed by atoms with E-state index in [0.29, 0.717) is 34.5 Å². The van der Waals surface area contributed by atoms with Crippen LogP contribution < -0.4 is 24.7 Å². The van der Waals surface area contributed by atoms with Crippen LogP contribution in [-0.2, 0) is 14.3 Å². The molecule has 0 fully saturated rings. The quantitative estimate of drug-likeness (QED) is 0.328. The number of methoxy groups -OCH3 is 2. The molecule has 0 saturated carbocycles. The predicted molar refractivity (Wildman–Crippen MR) is 115 cm³/mol. The number of pyridine rings is 2. The zero-order chi connectivity index (χ0) is 23.8. The minimum Gasteiger partial charge on any atom is -0.465 e. The van der Waals surface area contributed by atoms with Crippen molar-refractivity contribution in [2.45, 2.75) is 0 Å². The van der Waals surface area contributed by atoms with Gasteiger partial charge in [-0.15, -0.1) is 6.42 Å². The topological polar surface area (TPSA) is 141 Å². The van der Waals surface area contributed by atoms with E-state index in [1.165, 1.54) is 20.4 Å². The summed E-state index contributed by atoms with van der Waals surface area (Å²) in [6, 6.07) is 8.73. The van der Waals surface area contributed by atoms with Crippen LogP contribution >= 0.6 is 0 Å². The second-order valence-corrected chi connectivity index (χ2v) is 6.20. The molecule has 3 aromatic rings. The summed E-state index contributed by atoms with van der Waals surface area (Å²) in [5.41, 5.74) is 6.55. The van der Waals surface area contributed by atoms with E-state index in [2.05, 4.69) is 25.9 Å². The molecule has 0 spiro atoms. The van der Waals surface area contributed by atoms with Gasteiger partial charge in [0, 0.05) is 23.6 Å². The van der Waals surface area contributed by atoms with Crippen LogP contribution in [0.4, 0.5) is 5.82 Å². The van der Waals surface area contributed by atoms with Gasteiger partial charge in [-0.1, -0.05) is 0 Å². The van der Waals surface area contributed by atoms with Gasteiger partial charge < -0.3 is 34.2 Å². The number of carbonyl (C=O) groups excluding carboxylic acids is 2. The van der Waals surface area contributed by atoms with Crippen LogP contribution in [0.2, 0.25) is 0 Å². The summed E-state index contributed by atoms with van der Waals surface area (Å²) >= 11 is 0. The van der Waals surface area contributed by atoms with Crippen molar-refractivity contribution in [1.29, 1.82) is 0 Å². The average molecular weight is 453 g/mol. The number of carbonyl (C=O) groups is 2. The van der Waals surface area contributed by atoms with Gasteiger partial charge >= 0.3 is 11.9 Å². The number of fused-ring (bicyclic) bond motifs is 3. The van der Waals surface area contributed by atoms with Crippen molar-refractivity contribution in [1.82, 2.24) is 9.97 Å². The molecular weight excluding hydrogens is 434 g/mol. The van der Waals surface area contributed by atoms with Gasteiger partial charge in [0.25, 0.3) is 5.88 Å². The first-order chi connectivity index (χ1) is 15.9. The third kappa shape index (κ3) is 5.71. The molecule has 11 heteroatoms. The van der Waals surface area contributed by atoms with Crippen LogP contribution in [0, 0.1) is 12.3 Å². The van der Waals surface area contributed by atoms with Gasteiger partial charge in [-0.25, -0.2) is 9.59 Å². The number of esters is 2. The second kappa shape index (κ2) is 10.5. The smallest absolute Gasteiger partial charge is 0.383 e. The highest BCUT2D eigenvalue weighted by molar-refractivity contribution is 5.94. The summed E-state index contributed by atoms with van der Waals surface area (Å²) < 4.78 is 29.2. The fourth-order valence-corrected chi connectivity index (χ4v) is 2.61. The molecule has 0 aliphatic carbocycles. The summed E-state index contributed by atoms with van der Waals surface area (Å²) in [7, 11) is 2.58. The summed E-state index contributed by atoms with van der Waals surface area (Å²) in [6.07, 6.45) is 6.04. The van der Waals surface area contributed by atoms with Crippen molar-refractivity contribution in [3.63, 3.8) is 0 Å². The monoisotopic (exact) mass is 453 g/mol. The molecule has 2 aliphatic heterocycles. The fraction of sp³-hybridized carbons (Fsp3) is 0.182. The Labute approximate surface area is 188 Å². The first-order valence-corrected chi connectivity index (χ1v) is 9.29. The van der Waals surface area contributed by atoms with E-state index in [9.17, 15) is 9.59 Å². The van der Waals surface area contributed by atoms with E-state index in [4.69, 9.17) is 24.7 Å². The standard InChI is InChI=1S/C12H9NO4.C6H6N2O2.C4H4O2/c1-15-12(14)8-2-7-3-10-11(17-6-16-10)4-9(7)13-5-8;7-5-2-1-4-6(8-5)10-3-9-4;1-3-4(5)6-2/h2-5H,6H2,1H3;1-2H,3H2,(H2,7,8);1H,2H3. The molecule has 0 bridgehead atoms. The molecule has 33 heavy (non-hydrogen) atoms. The maximum Gasteiger partial charge on any atom is 0.383 e. The number of hydrogen-bond acceptors (Lipinski definition) is 11. The first kappa shape index (κ1) is 23.0.